The third kappa shape index (κ3) is 4.36. The van der Waals surface area contributed by atoms with Crippen LogP contribution in [0.3, 0.4) is 0 Å². The Bertz CT molecular complexity index is 1270. The van der Waals surface area contributed by atoms with Crippen molar-refractivity contribution < 1.29 is 23.1 Å². The van der Waals surface area contributed by atoms with E-state index in [0.717, 1.165) is 21.5 Å². The molecule has 0 spiro atoms. The smallest absolute Gasteiger partial charge is 0.279 e. The SMILES string of the molecule is CN1C(=O)/C(=N\Nc2ccc(S(=O)(=O)NCCOCCO)cc2)c2c1ccc1ncsc21. The van der Waals surface area contributed by atoms with Crippen molar-refractivity contribution >= 4 is 54.6 Å². The average Bonchev–Trinajstić information content (AvgIpc) is 3.36. The molecule has 2 heterocycles. The van der Waals surface area contributed by atoms with Crippen molar-refractivity contribution in [3.63, 3.8) is 0 Å². The number of carbonyl (C=O) groups excluding carboxylic acids is 1. The number of ether oxygens (including phenoxy) is 1. The number of nitrogens with one attached hydrogen (secondary N) is 2. The molecule has 1 aliphatic heterocycles. The molecule has 1 amide bonds. The van der Waals surface area contributed by atoms with Crippen LogP contribution in [-0.4, -0.2) is 63.5 Å². The summed E-state index contributed by atoms with van der Waals surface area (Å²) in [6.45, 7) is 0.292. The first-order valence-electron chi connectivity index (χ1n) is 9.69. The number of hydrogen-bond acceptors (Lipinski definition) is 9. The molecule has 0 bridgehead atoms. The lowest BCUT2D eigenvalue weighted by molar-refractivity contribution is -0.111. The number of rotatable bonds is 9. The fourth-order valence-electron chi connectivity index (χ4n) is 3.23. The molecular formula is C20H21N5O5S2. The van der Waals surface area contributed by atoms with Crippen LogP contribution in [0.4, 0.5) is 11.4 Å². The first-order chi connectivity index (χ1) is 15.4. The summed E-state index contributed by atoms with van der Waals surface area (Å²) in [7, 11) is -2.00. The van der Waals surface area contributed by atoms with Crippen molar-refractivity contribution in [1.82, 2.24) is 9.71 Å². The molecule has 3 aromatic rings. The van der Waals surface area contributed by atoms with Crippen LogP contribution < -0.4 is 15.0 Å². The Hall–Kier alpha value is -2.90. The molecule has 32 heavy (non-hydrogen) atoms. The minimum Gasteiger partial charge on any atom is -0.394 e. The predicted molar refractivity (Wildman–Crippen MR) is 123 cm³/mol. The van der Waals surface area contributed by atoms with Crippen LogP contribution in [0.15, 0.2) is 51.9 Å². The molecule has 1 aromatic heterocycles. The monoisotopic (exact) mass is 475 g/mol. The summed E-state index contributed by atoms with van der Waals surface area (Å²) >= 11 is 1.44. The van der Waals surface area contributed by atoms with Gasteiger partial charge in [0.25, 0.3) is 5.91 Å². The van der Waals surface area contributed by atoms with Crippen molar-refractivity contribution in [3.05, 3.63) is 47.5 Å². The van der Waals surface area contributed by atoms with Crippen LogP contribution in [0.1, 0.15) is 5.56 Å². The van der Waals surface area contributed by atoms with Gasteiger partial charge in [0.15, 0.2) is 5.71 Å². The number of thiazole rings is 1. The van der Waals surface area contributed by atoms with Gasteiger partial charge in [0.05, 0.1) is 57.4 Å². The van der Waals surface area contributed by atoms with Gasteiger partial charge in [-0.1, -0.05) is 0 Å². The first kappa shape index (κ1) is 22.3. The third-order valence-corrected chi connectivity index (χ3v) is 7.15. The number of aliphatic hydroxyl groups is 1. The maximum absolute atomic E-state index is 12.7. The number of nitrogens with zero attached hydrogens (tertiary/aromatic N) is 3. The second-order valence-electron chi connectivity index (χ2n) is 6.85. The van der Waals surface area contributed by atoms with Crippen LogP contribution >= 0.6 is 11.3 Å². The van der Waals surface area contributed by atoms with Crippen molar-refractivity contribution in [1.29, 1.82) is 0 Å². The van der Waals surface area contributed by atoms with E-state index in [0.29, 0.717) is 5.69 Å². The number of hydrazone groups is 1. The van der Waals surface area contributed by atoms with Crippen LogP contribution in [0.25, 0.3) is 10.2 Å². The predicted octanol–water partition coefficient (Wildman–Crippen LogP) is 1.38. The molecular weight excluding hydrogens is 454 g/mol. The molecule has 0 unspecified atom stereocenters. The Morgan fingerprint density at radius 3 is 2.72 bits per heavy atom. The third-order valence-electron chi connectivity index (χ3n) is 4.82. The highest BCUT2D eigenvalue weighted by Crippen LogP contribution is 2.36. The number of sulfonamides is 1. The van der Waals surface area contributed by atoms with Gasteiger partial charge in [0.2, 0.25) is 10.0 Å². The van der Waals surface area contributed by atoms with Crippen LogP contribution in [0, 0.1) is 0 Å². The second kappa shape index (κ2) is 9.30. The molecule has 168 valence electrons. The topological polar surface area (TPSA) is 133 Å². The summed E-state index contributed by atoms with van der Waals surface area (Å²) < 4.78 is 33.0. The number of benzene rings is 2. The van der Waals surface area contributed by atoms with E-state index in [1.54, 1.807) is 29.6 Å². The van der Waals surface area contributed by atoms with Gasteiger partial charge < -0.3 is 14.7 Å². The number of fused-ring (bicyclic) bond motifs is 3. The minimum absolute atomic E-state index is 0.0891. The Morgan fingerprint density at radius 1 is 1.19 bits per heavy atom. The number of carbonyl (C=O) groups is 1. The summed E-state index contributed by atoms with van der Waals surface area (Å²) in [5.74, 6) is -0.236. The second-order valence-corrected chi connectivity index (χ2v) is 9.48. The molecule has 0 saturated carbocycles. The summed E-state index contributed by atoms with van der Waals surface area (Å²) in [5, 5.41) is 13.0. The molecule has 3 N–H and O–H groups in total. The molecule has 4 rings (SSSR count). The first-order valence-corrected chi connectivity index (χ1v) is 12.1. The normalized spacial score (nSPS) is 15.0. The number of likely N-dealkylation sites (N-methyl/N-ethyl adjacent to an activating group) is 1. The maximum atomic E-state index is 12.7. The van der Waals surface area contributed by atoms with Gasteiger partial charge in [0.1, 0.15) is 0 Å². The van der Waals surface area contributed by atoms with Gasteiger partial charge in [-0.05, 0) is 36.4 Å². The lowest BCUT2D eigenvalue weighted by atomic mass is 10.1. The Kier molecular flexibility index (Phi) is 6.48. The summed E-state index contributed by atoms with van der Waals surface area (Å²) in [5.41, 5.74) is 7.68. The van der Waals surface area contributed by atoms with Crippen molar-refractivity contribution in [2.24, 2.45) is 5.10 Å². The molecule has 0 fully saturated rings. The molecule has 0 atom stereocenters. The van der Waals surface area contributed by atoms with Crippen LogP contribution in [0.2, 0.25) is 0 Å². The number of amides is 1. The fourth-order valence-corrected chi connectivity index (χ4v) is 5.08. The van der Waals surface area contributed by atoms with E-state index in [-0.39, 0.29) is 42.9 Å². The van der Waals surface area contributed by atoms with Gasteiger partial charge in [-0.25, -0.2) is 18.1 Å². The number of aliphatic hydroxyl groups excluding tert-OH is 1. The van der Waals surface area contributed by atoms with Crippen molar-refractivity contribution in [2.45, 2.75) is 4.90 Å². The van der Waals surface area contributed by atoms with Crippen molar-refractivity contribution in [3.8, 4) is 0 Å². The van der Waals surface area contributed by atoms with E-state index in [4.69, 9.17) is 9.84 Å². The largest absolute Gasteiger partial charge is 0.394 e. The van der Waals surface area contributed by atoms with Gasteiger partial charge in [-0.2, -0.15) is 5.10 Å². The van der Waals surface area contributed by atoms with E-state index in [2.05, 4.69) is 20.2 Å². The van der Waals surface area contributed by atoms with E-state index in [1.807, 2.05) is 12.1 Å². The Labute approximate surface area is 188 Å². The highest BCUT2D eigenvalue weighted by molar-refractivity contribution is 7.89. The van der Waals surface area contributed by atoms with E-state index in [9.17, 15) is 13.2 Å². The average molecular weight is 476 g/mol. The highest BCUT2D eigenvalue weighted by Gasteiger charge is 2.34. The number of aromatic nitrogens is 1. The Balaban J connectivity index is 1.49. The quantitative estimate of drug-likeness (QED) is 0.314. The van der Waals surface area contributed by atoms with Gasteiger partial charge >= 0.3 is 0 Å². The number of anilines is 2. The minimum atomic E-state index is -3.69. The van der Waals surface area contributed by atoms with Crippen LogP contribution in [0.5, 0.6) is 0 Å². The highest BCUT2D eigenvalue weighted by atomic mass is 32.2. The summed E-state index contributed by atoms with van der Waals surface area (Å²) in [6, 6.07) is 9.74. The zero-order chi connectivity index (χ0) is 22.7. The zero-order valence-corrected chi connectivity index (χ0v) is 18.7. The standard InChI is InChI=1S/C20H21N5O5S2/c1-25-16-7-6-15-19(31-12-21-15)17(16)18(20(25)27)24-23-13-2-4-14(5-3-13)32(28,29)22-8-10-30-11-9-26/h2-7,12,22-23,26H,8-11H2,1H3/b24-18-. The molecule has 0 radical (unpaired) electrons. The fraction of sp³-hybridized carbons (Fsp3) is 0.250. The van der Waals surface area contributed by atoms with Gasteiger partial charge in [-0.3, -0.25) is 10.2 Å². The van der Waals surface area contributed by atoms with Gasteiger partial charge in [0, 0.05) is 13.6 Å². The van der Waals surface area contributed by atoms with Crippen LogP contribution in [-0.2, 0) is 19.6 Å². The summed E-state index contributed by atoms with van der Waals surface area (Å²) in [4.78, 5) is 18.7. The lowest BCUT2D eigenvalue weighted by Gasteiger charge is -2.08. The molecule has 10 nitrogen and oxygen atoms in total. The van der Waals surface area contributed by atoms with Gasteiger partial charge in [-0.15, -0.1) is 11.3 Å². The van der Waals surface area contributed by atoms with E-state index in [1.165, 1.54) is 23.5 Å². The molecule has 1 aliphatic rings. The number of hydrogen-bond donors (Lipinski definition) is 3. The van der Waals surface area contributed by atoms with Crippen molar-refractivity contribution in [2.75, 3.05) is 43.7 Å². The summed E-state index contributed by atoms with van der Waals surface area (Å²) in [6.07, 6.45) is 0. The lowest BCUT2D eigenvalue weighted by Crippen LogP contribution is -2.27. The molecule has 12 heteroatoms. The molecule has 0 saturated heterocycles. The molecule has 0 aliphatic carbocycles. The Morgan fingerprint density at radius 2 is 1.97 bits per heavy atom. The van der Waals surface area contributed by atoms with E-state index < -0.39 is 10.0 Å². The zero-order valence-electron chi connectivity index (χ0n) is 17.1. The maximum Gasteiger partial charge on any atom is 0.279 e. The van der Waals surface area contributed by atoms with E-state index >= 15 is 0 Å². The molecule has 2 aromatic carbocycles.